The first kappa shape index (κ1) is 26.3. The maximum atomic E-state index is 13.3. The molecule has 1 aromatic heterocycles. The van der Waals surface area contributed by atoms with Crippen molar-refractivity contribution in [3.63, 3.8) is 0 Å². The summed E-state index contributed by atoms with van der Waals surface area (Å²) in [5.74, 6) is -0.483. The maximum Gasteiger partial charge on any atom is 0.311 e. The zero-order chi connectivity index (χ0) is 27.5. The highest BCUT2D eigenvalue weighted by molar-refractivity contribution is 8.26. The van der Waals surface area contributed by atoms with Crippen LogP contribution in [0.1, 0.15) is 18.1 Å². The number of thiocarbonyl (C=S) groups is 1. The van der Waals surface area contributed by atoms with E-state index in [1.54, 1.807) is 48.1 Å². The van der Waals surface area contributed by atoms with Crippen molar-refractivity contribution in [3.8, 4) is 22.7 Å². The Morgan fingerprint density at radius 2 is 1.87 bits per heavy atom. The predicted octanol–water partition coefficient (Wildman–Crippen LogP) is 6.39. The largest absolute Gasteiger partial charge is 0.487 e. The molecule has 3 aromatic carbocycles. The minimum absolute atomic E-state index is 0.164. The molecule has 2 heterocycles. The molecule has 0 atom stereocenters. The zero-order valence-corrected chi connectivity index (χ0v) is 22.2. The van der Waals surface area contributed by atoms with Gasteiger partial charge in [-0.1, -0.05) is 54.3 Å². The van der Waals surface area contributed by atoms with E-state index in [0.717, 1.165) is 23.0 Å². The Kier molecular flexibility index (Phi) is 7.53. The zero-order valence-electron chi connectivity index (χ0n) is 20.6. The Labute approximate surface area is 232 Å². The van der Waals surface area contributed by atoms with Crippen molar-refractivity contribution in [1.82, 2.24) is 14.7 Å². The van der Waals surface area contributed by atoms with E-state index in [4.69, 9.17) is 22.1 Å². The lowest BCUT2D eigenvalue weighted by Crippen LogP contribution is -2.27. The average Bonchev–Trinajstić information content (AvgIpc) is 3.47. The Balaban J connectivity index is 1.55. The molecule has 39 heavy (non-hydrogen) atoms. The molecule has 0 N–H and O–H groups in total. The van der Waals surface area contributed by atoms with E-state index in [9.17, 15) is 19.3 Å². The first-order chi connectivity index (χ1) is 18.8. The van der Waals surface area contributed by atoms with Crippen molar-refractivity contribution in [2.75, 3.05) is 6.61 Å². The van der Waals surface area contributed by atoms with Crippen LogP contribution in [0.3, 0.4) is 0 Å². The van der Waals surface area contributed by atoms with Gasteiger partial charge in [0, 0.05) is 23.4 Å². The summed E-state index contributed by atoms with van der Waals surface area (Å²) in [6.07, 6.45) is 3.45. The Bertz CT molecular complexity index is 1600. The smallest absolute Gasteiger partial charge is 0.311 e. The molecule has 0 saturated carbocycles. The van der Waals surface area contributed by atoms with Crippen LogP contribution in [0.5, 0.6) is 5.75 Å². The second kappa shape index (κ2) is 11.2. The summed E-state index contributed by atoms with van der Waals surface area (Å²) in [5.41, 5.74) is 2.87. The molecule has 4 aromatic rings. The first-order valence-corrected chi connectivity index (χ1v) is 13.1. The van der Waals surface area contributed by atoms with Gasteiger partial charge in [-0.25, -0.2) is 9.07 Å². The van der Waals surface area contributed by atoms with Crippen LogP contribution in [0.25, 0.3) is 23.0 Å². The van der Waals surface area contributed by atoms with E-state index in [1.165, 1.54) is 23.1 Å². The molecule has 5 rings (SSSR count). The molecule has 1 aliphatic heterocycles. The molecule has 196 valence electrons. The number of rotatable bonds is 8. The van der Waals surface area contributed by atoms with Gasteiger partial charge in [0.05, 0.1) is 28.7 Å². The van der Waals surface area contributed by atoms with E-state index < -0.39 is 4.92 Å². The number of nitro benzene ring substituents is 1. The van der Waals surface area contributed by atoms with Crippen LogP contribution in [-0.2, 0) is 11.3 Å². The fourth-order valence-electron chi connectivity index (χ4n) is 4.07. The highest BCUT2D eigenvalue weighted by Gasteiger charge is 2.32. The van der Waals surface area contributed by atoms with Crippen LogP contribution in [0.2, 0.25) is 0 Å². The second-order valence-corrected chi connectivity index (χ2v) is 10.2. The number of benzene rings is 3. The molecule has 0 radical (unpaired) electrons. The summed E-state index contributed by atoms with van der Waals surface area (Å²) in [6.45, 7) is 2.25. The summed E-state index contributed by atoms with van der Waals surface area (Å²) < 4.78 is 20.8. The van der Waals surface area contributed by atoms with Gasteiger partial charge in [-0.2, -0.15) is 5.10 Å². The number of hydrogen-bond acceptors (Lipinski definition) is 7. The van der Waals surface area contributed by atoms with Crippen LogP contribution in [0.15, 0.2) is 83.9 Å². The van der Waals surface area contributed by atoms with Crippen molar-refractivity contribution in [2.24, 2.45) is 0 Å². The van der Waals surface area contributed by atoms with Crippen LogP contribution < -0.4 is 4.74 Å². The lowest BCUT2D eigenvalue weighted by molar-refractivity contribution is -0.385. The second-order valence-electron chi connectivity index (χ2n) is 8.48. The molecular formula is C28H21FN4O4S2. The number of hydrogen-bond donors (Lipinski definition) is 0. The minimum Gasteiger partial charge on any atom is -0.487 e. The molecule has 0 bridgehead atoms. The van der Waals surface area contributed by atoms with E-state index in [1.807, 2.05) is 30.3 Å². The predicted molar refractivity (Wildman–Crippen MR) is 152 cm³/mol. The van der Waals surface area contributed by atoms with Crippen molar-refractivity contribution in [2.45, 2.75) is 13.5 Å². The quantitative estimate of drug-likeness (QED) is 0.107. The van der Waals surface area contributed by atoms with E-state index in [0.29, 0.717) is 26.0 Å². The van der Waals surface area contributed by atoms with Gasteiger partial charge in [0.15, 0.2) is 5.75 Å². The molecule has 0 aliphatic carbocycles. The lowest BCUT2D eigenvalue weighted by atomic mass is 10.1. The molecule has 1 amide bonds. The first-order valence-electron chi connectivity index (χ1n) is 11.9. The van der Waals surface area contributed by atoms with Gasteiger partial charge in [0.2, 0.25) is 0 Å². The van der Waals surface area contributed by atoms with Gasteiger partial charge in [-0.05, 0) is 55.0 Å². The van der Waals surface area contributed by atoms with Crippen molar-refractivity contribution >= 4 is 46.0 Å². The summed E-state index contributed by atoms with van der Waals surface area (Å²) >= 11 is 6.63. The highest BCUT2D eigenvalue weighted by Crippen LogP contribution is 2.37. The molecule has 11 heteroatoms. The topological polar surface area (TPSA) is 90.5 Å². The van der Waals surface area contributed by atoms with Gasteiger partial charge in [0.1, 0.15) is 15.8 Å². The molecule has 1 aliphatic rings. The third kappa shape index (κ3) is 5.59. The van der Waals surface area contributed by atoms with Gasteiger partial charge in [0.25, 0.3) is 5.91 Å². The SMILES string of the molecule is CCOc1ccc(-c2nn(-c3ccccc3)cc2/C=C2\SC(=S)N(Cc3ccc(F)cc3)C2=O)cc1[N+](=O)[O-]. The van der Waals surface area contributed by atoms with Crippen LogP contribution >= 0.6 is 24.0 Å². The van der Waals surface area contributed by atoms with Gasteiger partial charge < -0.3 is 4.74 Å². The Morgan fingerprint density at radius 1 is 1.13 bits per heavy atom. The monoisotopic (exact) mass is 560 g/mol. The number of thioether (sulfide) groups is 1. The van der Waals surface area contributed by atoms with Crippen LogP contribution in [0.4, 0.5) is 10.1 Å². The fraction of sp³-hybridized carbons (Fsp3) is 0.107. The fourth-order valence-corrected chi connectivity index (χ4v) is 5.31. The molecule has 1 fully saturated rings. The van der Waals surface area contributed by atoms with Crippen molar-refractivity contribution < 1.29 is 18.8 Å². The van der Waals surface area contributed by atoms with E-state index in [2.05, 4.69) is 0 Å². The average molecular weight is 561 g/mol. The third-order valence-electron chi connectivity index (χ3n) is 5.91. The molecule has 0 unspecified atom stereocenters. The number of ether oxygens (including phenoxy) is 1. The van der Waals surface area contributed by atoms with Crippen LogP contribution in [0, 0.1) is 15.9 Å². The summed E-state index contributed by atoms with van der Waals surface area (Å²) in [6, 6.07) is 19.9. The Hall–Kier alpha value is -4.35. The standard InChI is InChI=1S/C28H21FN4O4S2/c1-2-37-24-13-10-19(14-23(24)33(35)36)26-20(17-32(30-26)22-6-4-3-5-7-22)15-25-27(34)31(28(38)39-25)16-18-8-11-21(29)12-9-18/h3-15,17H,2,16H2,1H3/b25-15-. The molecule has 1 saturated heterocycles. The molecule has 0 spiro atoms. The van der Waals surface area contributed by atoms with Gasteiger partial charge in [-0.15, -0.1) is 0 Å². The number of amides is 1. The number of para-hydroxylation sites is 1. The van der Waals surface area contributed by atoms with Crippen molar-refractivity contribution in [3.05, 3.63) is 111 Å². The van der Waals surface area contributed by atoms with Gasteiger partial charge >= 0.3 is 5.69 Å². The minimum atomic E-state index is -0.497. The number of halogens is 1. The van der Waals surface area contributed by atoms with E-state index >= 15 is 0 Å². The number of carbonyl (C=O) groups excluding carboxylic acids is 1. The molecule has 8 nitrogen and oxygen atoms in total. The summed E-state index contributed by atoms with van der Waals surface area (Å²) in [5, 5.41) is 16.5. The Morgan fingerprint density at radius 3 is 2.56 bits per heavy atom. The number of nitro groups is 1. The number of nitrogens with zero attached hydrogens (tertiary/aromatic N) is 4. The lowest BCUT2D eigenvalue weighted by Gasteiger charge is -2.14. The normalized spacial score (nSPS) is 14.3. The highest BCUT2D eigenvalue weighted by atomic mass is 32.2. The van der Waals surface area contributed by atoms with Gasteiger partial charge in [-0.3, -0.25) is 19.8 Å². The number of carbonyl (C=O) groups is 1. The van der Waals surface area contributed by atoms with E-state index in [-0.39, 0.29) is 36.3 Å². The van der Waals surface area contributed by atoms with Crippen LogP contribution in [-0.4, -0.2) is 36.4 Å². The molecular weight excluding hydrogens is 539 g/mol. The third-order valence-corrected chi connectivity index (χ3v) is 7.28. The summed E-state index contributed by atoms with van der Waals surface area (Å²) in [7, 11) is 0. The number of aromatic nitrogens is 2. The maximum absolute atomic E-state index is 13.3. The van der Waals surface area contributed by atoms with Crippen molar-refractivity contribution in [1.29, 1.82) is 0 Å². The summed E-state index contributed by atoms with van der Waals surface area (Å²) in [4.78, 5) is 26.4.